The highest BCUT2D eigenvalue weighted by Crippen LogP contribution is 2.42. The lowest BCUT2D eigenvalue weighted by molar-refractivity contribution is 0.0894. The number of hydrogen-bond donors (Lipinski definition) is 3. The fourth-order valence-electron chi connectivity index (χ4n) is 5.81. The van der Waals surface area contributed by atoms with E-state index >= 15 is 0 Å². The van der Waals surface area contributed by atoms with Crippen LogP contribution in [0.5, 0.6) is 0 Å². The van der Waals surface area contributed by atoms with Gasteiger partial charge in [-0.05, 0) is 92.4 Å². The quantitative estimate of drug-likeness (QED) is 0.203. The maximum atomic E-state index is 13.9. The molecule has 39 heavy (non-hydrogen) atoms. The van der Waals surface area contributed by atoms with Gasteiger partial charge in [0.05, 0.1) is 17.8 Å². The van der Waals surface area contributed by atoms with Gasteiger partial charge in [0.1, 0.15) is 6.33 Å². The minimum atomic E-state index is -4.59. The number of nitrogens with zero attached hydrogens (tertiary/aromatic N) is 4. The number of carbonyl (C=O) groups excluding carboxylic acids is 1. The fraction of sp³-hybridized carbons (Fsp3) is 0.464. The second-order valence-corrected chi connectivity index (χ2v) is 11.9. The monoisotopic (exact) mass is 553 g/mol. The smallest absolute Gasteiger partial charge is 0.317 e. The standard InChI is InChI=1S/C28H36N5O5P/c1-17(2)26-22-14-21(20-9-11-29-12-10-20)7-8-24(22)33(25(34)6-5-13-38-39(35,36)37)27(26)23-15-32-28(30-16-31-32)19(4)18(23)3/h7-8,14-17,20,29H,5-6,9-13H2,1-4H3,(H2,35,36,37). The largest absolute Gasteiger partial charge is 0.469 e. The lowest BCUT2D eigenvalue weighted by Gasteiger charge is -2.23. The third-order valence-electron chi connectivity index (χ3n) is 7.84. The molecular weight excluding hydrogens is 517 g/mol. The van der Waals surface area contributed by atoms with Crippen molar-refractivity contribution in [3.05, 3.63) is 53.0 Å². The highest BCUT2D eigenvalue weighted by molar-refractivity contribution is 7.46. The Kier molecular flexibility index (Phi) is 7.77. The van der Waals surface area contributed by atoms with E-state index in [1.807, 2.05) is 20.0 Å². The first-order valence-electron chi connectivity index (χ1n) is 13.5. The SMILES string of the molecule is Cc1c(-c2c(C(C)C)c3cc(C4CCNCC4)ccc3n2C(=O)CCCOP(=O)(O)O)cn2ncnc2c1C. The molecule has 0 amide bonds. The van der Waals surface area contributed by atoms with Gasteiger partial charge in [0.2, 0.25) is 5.91 Å². The molecule has 1 aromatic carbocycles. The summed E-state index contributed by atoms with van der Waals surface area (Å²) in [4.78, 5) is 36.4. The predicted octanol–water partition coefficient (Wildman–Crippen LogP) is 5.09. The number of phosphoric acid groups is 1. The Morgan fingerprint density at radius 2 is 1.95 bits per heavy atom. The maximum absolute atomic E-state index is 13.9. The minimum absolute atomic E-state index is 0.0773. The van der Waals surface area contributed by atoms with Crippen LogP contribution in [0.4, 0.5) is 0 Å². The first-order valence-corrected chi connectivity index (χ1v) is 15.0. The number of aromatic nitrogens is 4. The lowest BCUT2D eigenvalue weighted by atomic mass is 9.88. The third kappa shape index (κ3) is 5.44. The number of nitrogens with one attached hydrogen (secondary N) is 1. The molecule has 4 heterocycles. The Hall–Kier alpha value is -2.88. The van der Waals surface area contributed by atoms with Crippen LogP contribution in [0.15, 0.2) is 30.7 Å². The Morgan fingerprint density at radius 3 is 2.64 bits per heavy atom. The van der Waals surface area contributed by atoms with Crippen molar-refractivity contribution in [3.8, 4) is 11.3 Å². The number of benzene rings is 1. The molecule has 0 unspecified atom stereocenters. The van der Waals surface area contributed by atoms with Crippen LogP contribution in [-0.4, -0.2) is 54.6 Å². The Bertz CT molecular complexity index is 1580. The zero-order chi connectivity index (χ0) is 27.9. The average molecular weight is 554 g/mol. The van der Waals surface area contributed by atoms with Crippen molar-refractivity contribution in [1.29, 1.82) is 0 Å². The van der Waals surface area contributed by atoms with Crippen LogP contribution in [0.1, 0.15) is 78.4 Å². The number of hydrogen-bond acceptors (Lipinski definition) is 6. The van der Waals surface area contributed by atoms with E-state index in [0.717, 1.165) is 70.4 Å². The zero-order valence-electron chi connectivity index (χ0n) is 22.8. The first-order chi connectivity index (χ1) is 18.6. The summed E-state index contributed by atoms with van der Waals surface area (Å²) in [5.74, 6) is 0.448. The molecule has 208 valence electrons. The normalized spacial score (nSPS) is 15.2. The first kappa shape index (κ1) is 27.7. The van der Waals surface area contributed by atoms with Gasteiger partial charge in [0.25, 0.3) is 0 Å². The Labute approximate surface area is 227 Å². The molecule has 0 bridgehead atoms. The van der Waals surface area contributed by atoms with Gasteiger partial charge in [-0.1, -0.05) is 19.9 Å². The predicted molar refractivity (Wildman–Crippen MR) is 150 cm³/mol. The summed E-state index contributed by atoms with van der Waals surface area (Å²) in [5, 5.41) is 8.88. The van der Waals surface area contributed by atoms with Crippen LogP contribution in [0.2, 0.25) is 0 Å². The van der Waals surface area contributed by atoms with Gasteiger partial charge in [0.15, 0.2) is 5.65 Å². The van der Waals surface area contributed by atoms with E-state index in [2.05, 4.69) is 52.0 Å². The summed E-state index contributed by atoms with van der Waals surface area (Å²) in [5.41, 5.74) is 7.77. The van der Waals surface area contributed by atoms with E-state index in [1.165, 1.54) is 11.9 Å². The second kappa shape index (κ2) is 10.9. The number of carbonyl (C=O) groups is 1. The lowest BCUT2D eigenvalue weighted by Crippen LogP contribution is -2.26. The van der Waals surface area contributed by atoms with Gasteiger partial charge in [0, 0.05) is 23.6 Å². The van der Waals surface area contributed by atoms with Gasteiger partial charge in [-0.3, -0.25) is 13.9 Å². The number of fused-ring (bicyclic) bond motifs is 2. The minimum Gasteiger partial charge on any atom is -0.317 e. The summed E-state index contributed by atoms with van der Waals surface area (Å²) in [6, 6.07) is 6.47. The highest BCUT2D eigenvalue weighted by Gasteiger charge is 2.28. The van der Waals surface area contributed by atoms with Crippen molar-refractivity contribution in [1.82, 2.24) is 24.5 Å². The topological polar surface area (TPSA) is 131 Å². The van der Waals surface area contributed by atoms with Gasteiger partial charge >= 0.3 is 7.82 Å². The van der Waals surface area contributed by atoms with Crippen LogP contribution >= 0.6 is 7.82 Å². The molecule has 0 aliphatic carbocycles. The van der Waals surface area contributed by atoms with Crippen molar-refractivity contribution in [3.63, 3.8) is 0 Å². The number of phosphoric ester groups is 1. The van der Waals surface area contributed by atoms with Crippen molar-refractivity contribution < 1.29 is 23.7 Å². The van der Waals surface area contributed by atoms with E-state index in [-0.39, 0.29) is 31.3 Å². The van der Waals surface area contributed by atoms with Gasteiger partial charge < -0.3 is 15.1 Å². The fourth-order valence-corrected chi connectivity index (χ4v) is 6.18. The average Bonchev–Trinajstić information content (AvgIpc) is 3.51. The number of pyridine rings is 1. The molecule has 3 aromatic heterocycles. The van der Waals surface area contributed by atoms with Gasteiger partial charge in [-0.2, -0.15) is 5.10 Å². The van der Waals surface area contributed by atoms with Gasteiger partial charge in [-0.25, -0.2) is 14.1 Å². The summed E-state index contributed by atoms with van der Waals surface area (Å²) in [6.07, 6.45) is 5.90. The molecule has 0 saturated carbocycles. The molecule has 1 fully saturated rings. The van der Waals surface area contributed by atoms with Crippen molar-refractivity contribution in [2.45, 2.75) is 65.2 Å². The van der Waals surface area contributed by atoms with E-state index in [9.17, 15) is 9.36 Å². The van der Waals surface area contributed by atoms with Crippen LogP contribution in [0.3, 0.4) is 0 Å². The summed E-state index contributed by atoms with van der Waals surface area (Å²) in [6.45, 7) is 10.1. The summed E-state index contributed by atoms with van der Waals surface area (Å²) < 4.78 is 19.3. The zero-order valence-corrected chi connectivity index (χ0v) is 23.7. The molecule has 0 spiro atoms. The molecule has 11 heteroatoms. The molecular formula is C28H36N5O5P. The van der Waals surface area contributed by atoms with Gasteiger partial charge in [-0.15, -0.1) is 0 Å². The number of aryl methyl sites for hydroxylation is 1. The van der Waals surface area contributed by atoms with E-state index in [1.54, 1.807) is 9.08 Å². The Balaban J connectivity index is 1.70. The number of rotatable bonds is 8. The molecule has 1 saturated heterocycles. The molecule has 0 atom stereocenters. The summed E-state index contributed by atoms with van der Waals surface area (Å²) in [7, 11) is -4.59. The molecule has 3 N–H and O–H groups in total. The van der Waals surface area contributed by atoms with E-state index < -0.39 is 7.82 Å². The Morgan fingerprint density at radius 1 is 1.21 bits per heavy atom. The van der Waals surface area contributed by atoms with Crippen LogP contribution in [0, 0.1) is 13.8 Å². The summed E-state index contributed by atoms with van der Waals surface area (Å²) >= 11 is 0. The molecule has 5 rings (SSSR count). The number of piperidine rings is 1. The van der Waals surface area contributed by atoms with Crippen molar-refractivity contribution >= 4 is 30.3 Å². The van der Waals surface area contributed by atoms with E-state index in [0.29, 0.717) is 5.92 Å². The molecule has 10 nitrogen and oxygen atoms in total. The molecule has 1 aliphatic heterocycles. The third-order valence-corrected chi connectivity index (χ3v) is 8.36. The maximum Gasteiger partial charge on any atom is 0.469 e. The van der Waals surface area contributed by atoms with E-state index in [4.69, 9.17) is 9.79 Å². The van der Waals surface area contributed by atoms with Crippen molar-refractivity contribution in [2.24, 2.45) is 0 Å². The molecule has 0 radical (unpaired) electrons. The molecule has 4 aromatic rings. The highest BCUT2D eigenvalue weighted by atomic mass is 31.2. The van der Waals surface area contributed by atoms with Crippen LogP contribution in [0.25, 0.3) is 27.8 Å². The molecule has 1 aliphatic rings. The van der Waals surface area contributed by atoms with Crippen LogP contribution < -0.4 is 5.32 Å². The second-order valence-electron chi connectivity index (χ2n) is 10.7. The van der Waals surface area contributed by atoms with Crippen LogP contribution in [-0.2, 0) is 9.09 Å². The van der Waals surface area contributed by atoms with Crippen molar-refractivity contribution in [2.75, 3.05) is 19.7 Å².